The molecule has 0 aromatic rings. The summed E-state index contributed by atoms with van der Waals surface area (Å²) in [6, 6.07) is 0.374. The molecule has 0 radical (unpaired) electrons. The highest BCUT2D eigenvalue weighted by Gasteiger charge is 2.47. The van der Waals surface area contributed by atoms with Gasteiger partial charge in [-0.2, -0.15) is 0 Å². The van der Waals surface area contributed by atoms with E-state index in [1.807, 2.05) is 25.7 Å². The average Bonchev–Trinajstić information content (AvgIpc) is 2.41. The molecule has 2 N–H and O–H groups in total. The quantitative estimate of drug-likeness (QED) is 0.840. The topological polar surface area (TPSA) is 61.8 Å². The summed E-state index contributed by atoms with van der Waals surface area (Å²) in [5.41, 5.74) is -0.478. The second kappa shape index (κ2) is 6.36. The van der Waals surface area contributed by atoms with Crippen LogP contribution in [0.1, 0.15) is 53.9 Å². The van der Waals surface area contributed by atoms with Gasteiger partial charge in [-0.05, 0) is 52.5 Å². The van der Waals surface area contributed by atoms with Crippen molar-refractivity contribution in [3.63, 3.8) is 0 Å². The summed E-state index contributed by atoms with van der Waals surface area (Å²) < 4.78 is 5.46. The predicted molar refractivity (Wildman–Crippen MR) is 86.7 cm³/mol. The SMILES string of the molecule is CC(C)(C)OC(=O)N1CCCC(CNC2CC(O)C2(C)C)C1. The molecule has 2 fully saturated rings. The molecule has 1 amide bonds. The molecule has 22 heavy (non-hydrogen) atoms. The zero-order valence-corrected chi connectivity index (χ0v) is 14.7. The Hall–Kier alpha value is -0.810. The number of carbonyl (C=O) groups is 1. The smallest absolute Gasteiger partial charge is 0.410 e. The van der Waals surface area contributed by atoms with Gasteiger partial charge in [0.25, 0.3) is 0 Å². The molecule has 0 bridgehead atoms. The Bertz CT molecular complexity index is 403. The zero-order valence-electron chi connectivity index (χ0n) is 14.7. The number of aliphatic hydroxyl groups is 1. The summed E-state index contributed by atoms with van der Waals surface area (Å²) in [7, 11) is 0. The molecule has 5 nitrogen and oxygen atoms in total. The predicted octanol–water partition coefficient (Wildman–Crippen LogP) is 2.38. The minimum atomic E-state index is -0.436. The van der Waals surface area contributed by atoms with Crippen LogP contribution in [0.3, 0.4) is 0 Å². The lowest BCUT2D eigenvalue weighted by molar-refractivity contribution is -0.0739. The third kappa shape index (κ3) is 4.13. The van der Waals surface area contributed by atoms with Crippen molar-refractivity contribution in [1.29, 1.82) is 0 Å². The van der Waals surface area contributed by atoms with Crippen molar-refractivity contribution in [2.24, 2.45) is 11.3 Å². The maximum Gasteiger partial charge on any atom is 0.410 e. The largest absolute Gasteiger partial charge is 0.444 e. The lowest BCUT2D eigenvalue weighted by atomic mass is 9.64. The molecule has 2 rings (SSSR count). The van der Waals surface area contributed by atoms with Crippen LogP contribution in [0.5, 0.6) is 0 Å². The van der Waals surface area contributed by atoms with Crippen molar-refractivity contribution in [2.45, 2.75) is 71.6 Å². The monoisotopic (exact) mass is 312 g/mol. The highest BCUT2D eigenvalue weighted by atomic mass is 16.6. The van der Waals surface area contributed by atoms with Crippen LogP contribution in [0.4, 0.5) is 4.79 Å². The van der Waals surface area contributed by atoms with Crippen molar-refractivity contribution < 1.29 is 14.6 Å². The van der Waals surface area contributed by atoms with Gasteiger partial charge in [0.15, 0.2) is 0 Å². The number of hydrogen-bond acceptors (Lipinski definition) is 4. The Balaban J connectivity index is 1.78. The molecule has 128 valence electrons. The molecule has 0 aromatic heterocycles. The fraction of sp³-hybridized carbons (Fsp3) is 0.941. The van der Waals surface area contributed by atoms with E-state index in [1.165, 1.54) is 0 Å². The number of nitrogens with one attached hydrogen (secondary N) is 1. The van der Waals surface area contributed by atoms with E-state index < -0.39 is 5.60 Å². The van der Waals surface area contributed by atoms with E-state index in [-0.39, 0.29) is 17.6 Å². The van der Waals surface area contributed by atoms with Crippen LogP contribution in [-0.4, -0.2) is 53.5 Å². The Kier molecular flexibility index (Phi) is 5.07. The van der Waals surface area contributed by atoms with Gasteiger partial charge in [0, 0.05) is 24.5 Å². The van der Waals surface area contributed by atoms with Gasteiger partial charge in [-0.1, -0.05) is 13.8 Å². The third-order valence-corrected chi connectivity index (χ3v) is 5.04. The Morgan fingerprint density at radius 3 is 2.64 bits per heavy atom. The summed E-state index contributed by atoms with van der Waals surface area (Å²) in [5.74, 6) is 0.467. The van der Waals surface area contributed by atoms with Crippen LogP contribution >= 0.6 is 0 Å². The number of piperidine rings is 1. The molecular formula is C17H32N2O3. The maximum atomic E-state index is 12.2. The van der Waals surface area contributed by atoms with Gasteiger partial charge < -0.3 is 20.1 Å². The highest BCUT2D eigenvalue weighted by molar-refractivity contribution is 5.68. The first-order valence-corrected chi connectivity index (χ1v) is 8.49. The van der Waals surface area contributed by atoms with E-state index in [9.17, 15) is 9.90 Å². The number of rotatable bonds is 3. The average molecular weight is 312 g/mol. The summed E-state index contributed by atoms with van der Waals surface area (Å²) in [4.78, 5) is 14.0. The molecule has 1 aliphatic heterocycles. The van der Waals surface area contributed by atoms with Crippen molar-refractivity contribution in [3.8, 4) is 0 Å². The van der Waals surface area contributed by atoms with Gasteiger partial charge in [-0.3, -0.25) is 0 Å². The van der Waals surface area contributed by atoms with Gasteiger partial charge in [0.1, 0.15) is 5.60 Å². The van der Waals surface area contributed by atoms with Gasteiger partial charge >= 0.3 is 6.09 Å². The van der Waals surface area contributed by atoms with Gasteiger partial charge in [-0.15, -0.1) is 0 Å². The van der Waals surface area contributed by atoms with Gasteiger partial charge in [0.05, 0.1) is 6.10 Å². The molecule has 1 heterocycles. The van der Waals surface area contributed by atoms with E-state index in [4.69, 9.17) is 4.74 Å². The number of aliphatic hydroxyl groups excluding tert-OH is 1. The molecule has 1 aliphatic carbocycles. The summed E-state index contributed by atoms with van der Waals surface area (Å²) >= 11 is 0. The standard InChI is InChI=1S/C17H32N2O3/c1-16(2,3)22-15(21)19-8-6-7-12(11-19)10-18-13-9-14(20)17(13,4)5/h12-14,18,20H,6-11H2,1-5H3. The van der Waals surface area contributed by atoms with Crippen LogP contribution in [-0.2, 0) is 4.74 Å². The molecule has 1 saturated heterocycles. The lowest BCUT2D eigenvalue weighted by Crippen LogP contribution is -2.61. The van der Waals surface area contributed by atoms with Crippen LogP contribution in [0.15, 0.2) is 0 Å². The molecule has 0 spiro atoms. The van der Waals surface area contributed by atoms with Crippen molar-refractivity contribution in [1.82, 2.24) is 10.2 Å². The molecule has 3 atom stereocenters. The second-order valence-electron chi connectivity index (χ2n) is 8.47. The fourth-order valence-corrected chi connectivity index (χ4v) is 3.28. The van der Waals surface area contributed by atoms with Crippen LogP contribution in [0.2, 0.25) is 0 Å². The number of hydrogen-bond donors (Lipinski definition) is 2. The first-order chi connectivity index (χ1) is 10.1. The van der Waals surface area contributed by atoms with Crippen LogP contribution < -0.4 is 5.32 Å². The van der Waals surface area contributed by atoms with E-state index in [0.717, 1.165) is 38.9 Å². The zero-order chi connectivity index (χ0) is 16.5. The minimum absolute atomic E-state index is 0.0421. The molecule has 3 unspecified atom stereocenters. The van der Waals surface area contributed by atoms with E-state index in [0.29, 0.717) is 12.0 Å². The summed E-state index contributed by atoms with van der Waals surface area (Å²) in [6.45, 7) is 12.4. The Morgan fingerprint density at radius 1 is 1.41 bits per heavy atom. The lowest BCUT2D eigenvalue weighted by Gasteiger charge is -2.50. The number of amides is 1. The summed E-state index contributed by atoms with van der Waals surface area (Å²) in [6.07, 6.45) is 2.60. The van der Waals surface area contributed by atoms with Crippen molar-refractivity contribution in [3.05, 3.63) is 0 Å². The van der Waals surface area contributed by atoms with Gasteiger partial charge in [0.2, 0.25) is 0 Å². The Labute approximate surface area is 134 Å². The molecule has 2 aliphatic rings. The molecule has 5 heteroatoms. The molecule has 0 aromatic carbocycles. The maximum absolute atomic E-state index is 12.2. The summed E-state index contributed by atoms with van der Waals surface area (Å²) in [5, 5.41) is 13.4. The highest BCUT2D eigenvalue weighted by Crippen LogP contribution is 2.40. The van der Waals surface area contributed by atoms with Crippen molar-refractivity contribution >= 4 is 6.09 Å². The first-order valence-electron chi connectivity index (χ1n) is 8.49. The Morgan fingerprint density at radius 2 is 2.09 bits per heavy atom. The number of carbonyl (C=O) groups excluding carboxylic acids is 1. The minimum Gasteiger partial charge on any atom is -0.444 e. The van der Waals surface area contributed by atoms with Crippen LogP contribution in [0, 0.1) is 11.3 Å². The number of likely N-dealkylation sites (tertiary alicyclic amines) is 1. The van der Waals surface area contributed by atoms with Gasteiger partial charge in [-0.25, -0.2) is 4.79 Å². The molecule has 1 saturated carbocycles. The van der Waals surface area contributed by atoms with Crippen LogP contribution in [0.25, 0.3) is 0 Å². The first kappa shape index (κ1) is 17.5. The van der Waals surface area contributed by atoms with Crippen molar-refractivity contribution in [2.75, 3.05) is 19.6 Å². The third-order valence-electron chi connectivity index (χ3n) is 5.04. The number of nitrogens with zero attached hydrogens (tertiary/aromatic N) is 1. The second-order valence-corrected chi connectivity index (χ2v) is 8.47. The molecular weight excluding hydrogens is 280 g/mol. The van der Waals surface area contributed by atoms with E-state index in [2.05, 4.69) is 19.2 Å². The fourth-order valence-electron chi connectivity index (χ4n) is 3.28. The van der Waals surface area contributed by atoms with E-state index in [1.54, 1.807) is 0 Å². The number of ether oxygens (including phenoxy) is 1. The normalized spacial score (nSPS) is 31.5. The van der Waals surface area contributed by atoms with E-state index >= 15 is 0 Å².